The zero-order valence-corrected chi connectivity index (χ0v) is 14.0. The number of aliphatic hydroxyl groups is 1. The number of amides is 2. The molecule has 0 saturated heterocycles. The van der Waals surface area contributed by atoms with Gasteiger partial charge in [-0.1, -0.05) is 50.2 Å². The minimum absolute atomic E-state index is 0.0669. The standard InChI is InChI=1S/C19H23FN2O2/c1-3-13-8-7-9-14(4-2)18(13)22-19(24)21-12-17(23)15-10-5-6-11-16(15)20/h5-11,17,23H,3-4,12H2,1-2H3,(H2,21,22,24)/t17-/m1/s1. The Morgan fingerprint density at radius 2 is 1.71 bits per heavy atom. The van der Waals surface area contributed by atoms with Crippen LogP contribution in [0.2, 0.25) is 0 Å². The van der Waals surface area contributed by atoms with Crippen LogP contribution in [0, 0.1) is 5.82 Å². The molecule has 0 aromatic heterocycles. The summed E-state index contributed by atoms with van der Waals surface area (Å²) in [7, 11) is 0. The highest BCUT2D eigenvalue weighted by Gasteiger charge is 2.14. The minimum Gasteiger partial charge on any atom is -0.386 e. The molecule has 0 fully saturated rings. The maximum atomic E-state index is 13.6. The van der Waals surface area contributed by atoms with Crippen molar-refractivity contribution in [2.45, 2.75) is 32.8 Å². The van der Waals surface area contributed by atoms with E-state index < -0.39 is 18.0 Å². The molecule has 0 aliphatic heterocycles. The summed E-state index contributed by atoms with van der Waals surface area (Å²) in [4.78, 5) is 12.1. The second-order valence-corrected chi connectivity index (χ2v) is 5.53. The first-order valence-electron chi connectivity index (χ1n) is 8.14. The minimum atomic E-state index is -1.09. The molecule has 0 unspecified atom stereocenters. The zero-order valence-electron chi connectivity index (χ0n) is 14.0. The van der Waals surface area contributed by atoms with E-state index in [4.69, 9.17) is 0 Å². The quantitative estimate of drug-likeness (QED) is 0.754. The van der Waals surface area contributed by atoms with Crippen LogP contribution in [0.15, 0.2) is 42.5 Å². The van der Waals surface area contributed by atoms with E-state index in [1.807, 2.05) is 32.0 Å². The number of nitrogens with one attached hydrogen (secondary N) is 2. The Bertz CT molecular complexity index is 681. The first-order chi connectivity index (χ1) is 11.6. The fourth-order valence-corrected chi connectivity index (χ4v) is 2.61. The third-order valence-electron chi connectivity index (χ3n) is 3.96. The van der Waals surface area contributed by atoms with Crippen LogP contribution in [0.1, 0.15) is 36.6 Å². The molecule has 0 aliphatic rings. The zero-order chi connectivity index (χ0) is 17.5. The molecule has 4 nitrogen and oxygen atoms in total. The number of urea groups is 1. The molecular weight excluding hydrogens is 307 g/mol. The van der Waals surface area contributed by atoms with Crippen LogP contribution in [0.4, 0.5) is 14.9 Å². The van der Waals surface area contributed by atoms with Crippen molar-refractivity contribution < 1.29 is 14.3 Å². The monoisotopic (exact) mass is 330 g/mol. The molecule has 3 N–H and O–H groups in total. The van der Waals surface area contributed by atoms with Gasteiger partial charge < -0.3 is 15.7 Å². The van der Waals surface area contributed by atoms with Crippen molar-refractivity contribution in [3.8, 4) is 0 Å². The average molecular weight is 330 g/mol. The lowest BCUT2D eigenvalue weighted by atomic mass is 10.0. The van der Waals surface area contributed by atoms with Gasteiger partial charge in [-0.25, -0.2) is 9.18 Å². The second-order valence-electron chi connectivity index (χ2n) is 5.53. The van der Waals surface area contributed by atoms with Gasteiger partial charge in [0.15, 0.2) is 0 Å². The number of aryl methyl sites for hydroxylation is 2. The van der Waals surface area contributed by atoms with Crippen LogP contribution in [0.3, 0.4) is 0 Å². The smallest absolute Gasteiger partial charge is 0.319 e. The Morgan fingerprint density at radius 3 is 2.29 bits per heavy atom. The van der Waals surface area contributed by atoms with Crippen molar-refractivity contribution in [3.63, 3.8) is 0 Å². The van der Waals surface area contributed by atoms with E-state index in [9.17, 15) is 14.3 Å². The number of anilines is 1. The van der Waals surface area contributed by atoms with E-state index in [0.29, 0.717) is 0 Å². The van der Waals surface area contributed by atoms with Gasteiger partial charge in [0.1, 0.15) is 5.82 Å². The SMILES string of the molecule is CCc1cccc(CC)c1NC(=O)NC[C@@H](O)c1ccccc1F. The van der Waals surface area contributed by atoms with Crippen LogP contribution in [-0.2, 0) is 12.8 Å². The van der Waals surface area contributed by atoms with E-state index >= 15 is 0 Å². The molecule has 0 heterocycles. The molecule has 2 aromatic carbocycles. The van der Waals surface area contributed by atoms with Gasteiger partial charge in [0, 0.05) is 17.8 Å². The molecule has 0 bridgehead atoms. The normalized spacial score (nSPS) is 11.8. The average Bonchev–Trinajstić information content (AvgIpc) is 2.60. The van der Waals surface area contributed by atoms with Crippen molar-refractivity contribution in [3.05, 3.63) is 65.0 Å². The van der Waals surface area contributed by atoms with Gasteiger partial charge >= 0.3 is 6.03 Å². The number of rotatable bonds is 6. The molecule has 2 amide bonds. The number of aliphatic hydroxyl groups excluding tert-OH is 1. The molecule has 1 atom stereocenters. The predicted molar refractivity (Wildman–Crippen MR) is 93.6 cm³/mol. The first-order valence-corrected chi connectivity index (χ1v) is 8.14. The molecule has 0 aliphatic carbocycles. The van der Waals surface area contributed by atoms with Crippen LogP contribution >= 0.6 is 0 Å². The van der Waals surface area contributed by atoms with E-state index in [2.05, 4.69) is 10.6 Å². The third kappa shape index (κ3) is 4.32. The Labute approximate surface area is 141 Å². The highest BCUT2D eigenvalue weighted by molar-refractivity contribution is 5.91. The number of hydrogen-bond acceptors (Lipinski definition) is 2. The maximum absolute atomic E-state index is 13.6. The Morgan fingerprint density at radius 1 is 1.08 bits per heavy atom. The Hall–Kier alpha value is -2.40. The van der Waals surface area contributed by atoms with Gasteiger partial charge in [-0.3, -0.25) is 0 Å². The van der Waals surface area contributed by atoms with E-state index in [1.54, 1.807) is 12.1 Å². The van der Waals surface area contributed by atoms with Gasteiger partial charge in [-0.05, 0) is 30.0 Å². The van der Waals surface area contributed by atoms with E-state index in [0.717, 1.165) is 29.7 Å². The second kappa shape index (κ2) is 8.45. The highest BCUT2D eigenvalue weighted by atomic mass is 19.1. The van der Waals surface area contributed by atoms with Crippen molar-refractivity contribution in [1.29, 1.82) is 0 Å². The number of halogens is 1. The fraction of sp³-hybridized carbons (Fsp3) is 0.316. The molecule has 0 spiro atoms. The summed E-state index contributed by atoms with van der Waals surface area (Å²) in [5.74, 6) is -0.489. The molecule has 0 saturated carbocycles. The van der Waals surface area contributed by atoms with Crippen molar-refractivity contribution in [2.75, 3.05) is 11.9 Å². The maximum Gasteiger partial charge on any atom is 0.319 e. The molecule has 128 valence electrons. The Balaban J connectivity index is 2.01. The number of benzene rings is 2. The van der Waals surface area contributed by atoms with Gasteiger partial charge in [-0.2, -0.15) is 0 Å². The lowest BCUT2D eigenvalue weighted by molar-refractivity contribution is 0.170. The van der Waals surface area contributed by atoms with Crippen molar-refractivity contribution in [2.24, 2.45) is 0 Å². The molecule has 2 aromatic rings. The van der Waals surface area contributed by atoms with Gasteiger partial charge in [0.25, 0.3) is 0 Å². The van der Waals surface area contributed by atoms with Crippen LogP contribution in [0.5, 0.6) is 0 Å². The summed E-state index contributed by atoms with van der Waals surface area (Å²) < 4.78 is 13.6. The predicted octanol–water partition coefficient (Wildman–Crippen LogP) is 3.81. The number of carbonyl (C=O) groups is 1. The summed E-state index contributed by atoms with van der Waals surface area (Å²) in [6, 6.07) is 11.5. The lowest BCUT2D eigenvalue weighted by Crippen LogP contribution is -2.33. The molecule has 24 heavy (non-hydrogen) atoms. The topological polar surface area (TPSA) is 61.4 Å². The van der Waals surface area contributed by atoms with Crippen LogP contribution in [-0.4, -0.2) is 17.7 Å². The third-order valence-corrected chi connectivity index (χ3v) is 3.96. The van der Waals surface area contributed by atoms with E-state index in [1.165, 1.54) is 12.1 Å². The number of carbonyl (C=O) groups excluding carboxylic acids is 1. The molecule has 5 heteroatoms. The van der Waals surface area contributed by atoms with Crippen LogP contribution in [0.25, 0.3) is 0 Å². The first kappa shape index (κ1) is 17.9. The Kier molecular flexibility index (Phi) is 6.32. The highest BCUT2D eigenvalue weighted by Crippen LogP contribution is 2.22. The molecule has 0 radical (unpaired) electrons. The fourth-order valence-electron chi connectivity index (χ4n) is 2.61. The van der Waals surface area contributed by atoms with E-state index in [-0.39, 0.29) is 12.1 Å². The summed E-state index contributed by atoms with van der Waals surface area (Å²) in [5.41, 5.74) is 3.08. The summed E-state index contributed by atoms with van der Waals surface area (Å²) >= 11 is 0. The lowest BCUT2D eigenvalue weighted by Gasteiger charge is -2.17. The van der Waals surface area contributed by atoms with Gasteiger partial charge in [0.05, 0.1) is 6.10 Å². The van der Waals surface area contributed by atoms with Gasteiger partial charge in [-0.15, -0.1) is 0 Å². The van der Waals surface area contributed by atoms with Crippen molar-refractivity contribution in [1.82, 2.24) is 5.32 Å². The van der Waals surface area contributed by atoms with Crippen LogP contribution < -0.4 is 10.6 Å². The van der Waals surface area contributed by atoms with Gasteiger partial charge in [0.2, 0.25) is 0 Å². The summed E-state index contributed by atoms with van der Waals surface area (Å²) in [5, 5.41) is 15.5. The summed E-state index contributed by atoms with van der Waals surface area (Å²) in [6.07, 6.45) is 0.520. The largest absolute Gasteiger partial charge is 0.386 e. The molecule has 2 rings (SSSR count). The number of hydrogen-bond donors (Lipinski definition) is 3. The van der Waals surface area contributed by atoms with Crippen molar-refractivity contribution >= 4 is 11.7 Å². The number of para-hydroxylation sites is 1. The molecular formula is C19H23FN2O2. The summed E-state index contributed by atoms with van der Waals surface area (Å²) in [6.45, 7) is 3.99.